The topological polar surface area (TPSA) is 49.0 Å². The zero-order valence-corrected chi connectivity index (χ0v) is 10.3. The van der Waals surface area contributed by atoms with Gasteiger partial charge in [-0.25, -0.2) is 0 Å². The number of hydrogen-bond acceptors (Lipinski definition) is 2. The summed E-state index contributed by atoms with van der Waals surface area (Å²) >= 11 is 0. The van der Waals surface area contributed by atoms with Gasteiger partial charge in [0.05, 0.1) is 51.0 Å². The van der Waals surface area contributed by atoms with Crippen molar-refractivity contribution in [2.24, 2.45) is 0 Å². The van der Waals surface area contributed by atoms with E-state index in [1.54, 1.807) is 0 Å². The van der Waals surface area contributed by atoms with E-state index in [-0.39, 0.29) is 12.4 Å². The molecule has 0 saturated heterocycles. The molecule has 0 atom stereocenters. The zero-order valence-electron chi connectivity index (χ0n) is 8.64. The lowest BCUT2D eigenvalue weighted by Crippen LogP contribution is -3.02. The molecule has 0 radical (unpaired) electrons. The summed E-state index contributed by atoms with van der Waals surface area (Å²) in [7, 11) is 11.4. The van der Waals surface area contributed by atoms with Crippen molar-refractivity contribution in [2.75, 3.05) is 42.3 Å². The van der Waals surface area contributed by atoms with Gasteiger partial charge in [-0.2, -0.15) is 0 Å². The van der Waals surface area contributed by atoms with Crippen LogP contribution < -0.4 is 27.1 Å². The van der Waals surface area contributed by atoms with Crippen molar-refractivity contribution in [3.8, 4) is 0 Å². The average Bonchev–Trinajstić information content (AvgIpc) is 1.60. The fraction of sp³-hybridized carbons (Fsp3) is 1.00. The molecule has 0 aromatic heterocycles. The Kier molecular flexibility index (Phi) is 42.7. The molecule has 2 N–H and O–H groups in total. The lowest BCUT2D eigenvalue weighted by molar-refractivity contribution is -0.836. The first-order chi connectivity index (χ1) is 4.88. The molecule has 0 unspecified atom stereocenters. The van der Waals surface area contributed by atoms with Crippen molar-refractivity contribution < 1.29 is 31.7 Å². The van der Waals surface area contributed by atoms with Crippen LogP contribution in [0.3, 0.4) is 0 Å². The highest BCUT2D eigenvalue weighted by atomic mass is 35.5. The number of nitrogens with one attached hydrogen (secondary N) is 2. The second-order valence-corrected chi connectivity index (χ2v) is 3.22. The summed E-state index contributed by atoms with van der Waals surface area (Å²) in [6.07, 6.45) is 0. The Morgan fingerprint density at radius 3 is 0.917 bits per heavy atom. The molecular formula is C6H20ClN2O2P. The SMILES string of the molecule is C[NH+](C)C.C[NH+](C)C.O=P[O-].[Cl-]. The molecular weight excluding hydrogens is 199 g/mol. The molecule has 0 rings (SSSR count). The molecule has 4 nitrogen and oxygen atoms in total. The Hall–Kier alpha value is 0.270. The van der Waals surface area contributed by atoms with Crippen LogP contribution in [0.2, 0.25) is 0 Å². The molecule has 0 aromatic carbocycles. The van der Waals surface area contributed by atoms with Crippen LogP contribution in [0.5, 0.6) is 0 Å². The van der Waals surface area contributed by atoms with Crippen LogP contribution in [0.4, 0.5) is 0 Å². The molecule has 0 aliphatic rings. The van der Waals surface area contributed by atoms with E-state index in [0.717, 1.165) is 0 Å². The number of halogens is 1. The third kappa shape index (κ3) is 12100. The van der Waals surface area contributed by atoms with Crippen LogP contribution in [0.15, 0.2) is 0 Å². The van der Waals surface area contributed by atoms with Gasteiger partial charge in [0.2, 0.25) is 0 Å². The summed E-state index contributed by atoms with van der Waals surface area (Å²) in [5.74, 6) is 0. The second kappa shape index (κ2) is 22.5. The molecule has 0 saturated carbocycles. The predicted molar refractivity (Wildman–Crippen MR) is 45.1 cm³/mol. The molecule has 0 fully saturated rings. The van der Waals surface area contributed by atoms with E-state index in [0.29, 0.717) is 0 Å². The van der Waals surface area contributed by atoms with Gasteiger partial charge in [-0.3, -0.25) is 4.57 Å². The lowest BCUT2D eigenvalue weighted by Gasteiger charge is -1.88. The third-order valence-electron chi connectivity index (χ3n) is 0. The third-order valence-corrected chi connectivity index (χ3v) is 0. The predicted octanol–water partition coefficient (Wildman–Crippen LogP) is -5.92. The zero-order chi connectivity index (χ0) is 9.86. The Morgan fingerprint density at radius 2 is 0.917 bits per heavy atom. The quantitative estimate of drug-likeness (QED) is 0.398. The van der Waals surface area contributed by atoms with E-state index in [1.807, 2.05) is 0 Å². The van der Waals surface area contributed by atoms with Crippen molar-refractivity contribution >= 4 is 8.69 Å². The molecule has 0 amide bonds. The van der Waals surface area contributed by atoms with Gasteiger partial charge in [0.15, 0.2) is 0 Å². The molecule has 6 heteroatoms. The van der Waals surface area contributed by atoms with E-state index in [4.69, 9.17) is 9.46 Å². The van der Waals surface area contributed by atoms with Gasteiger partial charge in [0.25, 0.3) is 0 Å². The maximum atomic E-state index is 8.35. The molecule has 0 bridgehead atoms. The van der Waals surface area contributed by atoms with Crippen LogP contribution in [0, 0.1) is 0 Å². The summed E-state index contributed by atoms with van der Waals surface area (Å²) in [5.41, 5.74) is 0. The highest BCUT2D eigenvalue weighted by Gasteiger charge is 1.61. The Labute approximate surface area is 83.2 Å². The first-order valence-electron chi connectivity index (χ1n) is 3.37. The average molecular weight is 219 g/mol. The van der Waals surface area contributed by atoms with Crippen LogP contribution in [-0.2, 0) is 4.57 Å². The van der Waals surface area contributed by atoms with Gasteiger partial charge in [0, 0.05) is 0 Å². The molecule has 0 heterocycles. The maximum Gasteiger partial charge on any atom is 0.0661 e. The van der Waals surface area contributed by atoms with E-state index in [2.05, 4.69) is 42.3 Å². The number of quaternary nitrogens is 2. The minimum atomic E-state index is -1.08. The number of rotatable bonds is 0. The van der Waals surface area contributed by atoms with Gasteiger partial charge in [-0.1, -0.05) is 0 Å². The van der Waals surface area contributed by atoms with Crippen molar-refractivity contribution in [3.63, 3.8) is 0 Å². The summed E-state index contributed by atoms with van der Waals surface area (Å²) < 4.78 is 8.35. The standard InChI is InChI=1S/2C3H9N.ClH.HO2P/c2*1-4(2)3;;1-3-2/h2*1-3H3;1H;(H,1,2). The Bertz CT molecular complexity index is 63.1. The summed E-state index contributed by atoms with van der Waals surface area (Å²) in [5, 5.41) is 0. The van der Waals surface area contributed by atoms with Crippen molar-refractivity contribution in [1.82, 2.24) is 0 Å². The van der Waals surface area contributed by atoms with E-state index >= 15 is 0 Å². The maximum absolute atomic E-state index is 8.35. The largest absolute Gasteiger partial charge is 1.00 e. The Balaban J connectivity index is -0.0000000389. The van der Waals surface area contributed by atoms with Crippen LogP contribution >= 0.6 is 8.69 Å². The molecule has 0 aromatic rings. The van der Waals surface area contributed by atoms with E-state index < -0.39 is 8.69 Å². The fourth-order valence-electron chi connectivity index (χ4n) is 0. The monoisotopic (exact) mass is 218 g/mol. The van der Waals surface area contributed by atoms with Crippen molar-refractivity contribution in [3.05, 3.63) is 0 Å². The van der Waals surface area contributed by atoms with Gasteiger partial charge >= 0.3 is 0 Å². The lowest BCUT2D eigenvalue weighted by atomic mass is 11.0. The highest BCUT2D eigenvalue weighted by molar-refractivity contribution is 7.14. The minimum Gasteiger partial charge on any atom is -1.00 e. The molecule has 12 heavy (non-hydrogen) atoms. The number of hydrogen-bond donors (Lipinski definition) is 2. The molecule has 78 valence electrons. The summed E-state index contributed by atoms with van der Waals surface area (Å²) in [6, 6.07) is 0. The molecule has 0 spiro atoms. The second-order valence-electron chi connectivity index (χ2n) is 3.07. The highest BCUT2D eigenvalue weighted by Crippen LogP contribution is 1.53. The fourth-order valence-corrected chi connectivity index (χ4v) is 0. The summed E-state index contributed by atoms with van der Waals surface area (Å²) in [6.45, 7) is 0. The van der Waals surface area contributed by atoms with Crippen molar-refractivity contribution in [2.45, 2.75) is 0 Å². The molecule has 0 aliphatic carbocycles. The van der Waals surface area contributed by atoms with E-state index in [9.17, 15) is 0 Å². The van der Waals surface area contributed by atoms with Crippen molar-refractivity contribution in [1.29, 1.82) is 0 Å². The van der Waals surface area contributed by atoms with Crippen LogP contribution in [0.1, 0.15) is 0 Å². The normalized spacial score (nSPS) is 7.75. The first kappa shape index (κ1) is 22.8. The van der Waals surface area contributed by atoms with Gasteiger partial charge in [-0.05, 0) is 0 Å². The van der Waals surface area contributed by atoms with Crippen LogP contribution in [-0.4, -0.2) is 42.3 Å². The van der Waals surface area contributed by atoms with E-state index in [1.165, 1.54) is 9.80 Å². The Morgan fingerprint density at radius 1 is 0.917 bits per heavy atom. The van der Waals surface area contributed by atoms with Crippen LogP contribution in [0.25, 0.3) is 0 Å². The summed E-state index contributed by atoms with van der Waals surface area (Å²) in [4.78, 5) is 11.2. The van der Waals surface area contributed by atoms with Gasteiger partial charge < -0.3 is 27.1 Å². The smallest absolute Gasteiger partial charge is 0.0661 e. The first-order valence-corrected chi connectivity index (χ1v) is 4.10. The minimum absolute atomic E-state index is 0. The molecule has 0 aliphatic heterocycles. The van der Waals surface area contributed by atoms with Gasteiger partial charge in [-0.15, -0.1) is 0 Å². The van der Waals surface area contributed by atoms with Gasteiger partial charge in [0.1, 0.15) is 0 Å².